The van der Waals surface area contributed by atoms with Gasteiger partial charge in [-0.15, -0.1) is 0 Å². The molecule has 0 aromatic heterocycles. The Kier molecular flexibility index (Phi) is 4.23. The van der Waals surface area contributed by atoms with Crippen LogP contribution in [0.15, 0.2) is 16.6 Å². The molecule has 0 fully saturated rings. The van der Waals surface area contributed by atoms with Gasteiger partial charge in [0.25, 0.3) is 5.91 Å². The van der Waals surface area contributed by atoms with Crippen molar-refractivity contribution >= 4 is 21.8 Å². The highest BCUT2D eigenvalue weighted by molar-refractivity contribution is 9.10. The van der Waals surface area contributed by atoms with Crippen molar-refractivity contribution in [2.75, 3.05) is 7.05 Å². The first kappa shape index (κ1) is 12.9. The number of amides is 1. The van der Waals surface area contributed by atoms with Crippen molar-refractivity contribution in [2.45, 2.75) is 13.0 Å². The minimum absolute atomic E-state index is 0.303. The lowest BCUT2D eigenvalue weighted by molar-refractivity contribution is -0.126. The number of carbonyl (C=O) groups excluding carboxylic acids is 1. The molecular formula is C10H10BrF2NO2. The fourth-order valence-corrected chi connectivity index (χ4v) is 1.47. The molecule has 88 valence electrons. The number of hydrogen-bond donors (Lipinski definition) is 1. The van der Waals surface area contributed by atoms with Gasteiger partial charge in [0, 0.05) is 11.5 Å². The zero-order valence-corrected chi connectivity index (χ0v) is 10.3. The average Bonchev–Trinajstić information content (AvgIpc) is 2.23. The minimum atomic E-state index is -1.11. The first-order valence-corrected chi connectivity index (χ1v) is 5.27. The quantitative estimate of drug-likeness (QED) is 0.868. The molecule has 1 aromatic rings. The lowest BCUT2D eigenvalue weighted by Gasteiger charge is -2.14. The maximum absolute atomic E-state index is 13.3. The Morgan fingerprint density at radius 1 is 1.50 bits per heavy atom. The first-order valence-electron chi connectivity index (χ1n) is 4.48. The van der Waals surface area contributed by atoms with Crippen LogP contribution in [0.4, 0.5) is 8.78 Å². The van der Waals surface area contributed by atoms with Crippen LogP contribution in [0.3, 0.4) is 0 Å². The topological polar surface area (TPSA) is 38.3 Å². The van der Waals surface area contributed by atoms with Crippen LogP contribution in [-0.2, 0) is 4.79 Å². The van der Waals surface area contributed by atoms with E-state index in [1.54, 1.807) is 0 Å². The molecule has 0 aliphatic heterocycles. The van der Waals surface area contributed by atoms with Crippen LogP contribution in [0.25, 0.3) is 0 Å². The van der Waals surface area contributed by atoms with Crippen molar-refractivity contribution in [3.8, 4) is 5.75 Å². The number of ether oxygens (including phenoxy) is 1. The summed E-state index contributed by atoms with van der Waals surface area (Å²) in [6, 6.07) is 2.24. The standard InChI is InChI=1S/C10H10BrF2NO2/c1-5(10(15)14-2)16-8-4-6(11)3-7(12)9(8)13/h3-5H,1-2H3,(H,14,15). The second-order valence-electron chi connectivity index (χ2n) is 3.07. The van der Waals surface area contributed by atoms with Crippen LogP contribution in [0.5, 0.6) is 5.75 Å². The van der Waals surface area contributed by atoms with Crippen LogP contribution in [0.1, 0.15) is 6.92 Å². The predicted molar refractivity (Wildman–Crippen MR) is 58.2 cm³/mol. The van der Waals surface area contributed by atoms with Gasteiger partial charge in [0.05, 0.1) is 0 Å². The van der Waals surface area contributed by atoms with Gasteiger partial charge >= 0.3 is 0 Å². The van der Waals surface area contributed by atoms with Crippen molar-refractivity contribution in [1.29, 1.82) is 0 Å². The third-order valence-corrected chi connectivity index (χ3v) is 2.34. The molecule has 0 bridgehead atoms. The van der Waals surface area contributed by atoms with Gasteiger partial charge in [0.2, 0.25) is 5.82 Å². The summed E-state index contributed by atoms with van der Waals surface area (Å²) < 4.78 is 31.6. The van der Waals surface area contributed by atoms with Crippen molar-refractivity contribution in [2.24, 2.45) is 0 Å². The zero-order valence-electron chi connectivity index (χ0n) is 8.68. The van der Waals surface area contributed by atoms with E-state index in [1.807, 2.05) is 0 Å². The molecule has 1 N–H and O–H groups in total. The van der Waals surface area contributed by atoms with Crippen molar-refractivity contribution in [1.82, 2.24) is 5.32 Å². The number of rotatable bonds is 3. The van der Waals surface area contributed by atoms with E-state index >= 15 is 0 Å². The van der Waals surface area contributed by atoms with Gasteiger partial charge in [0.15, 0.2) is 17.7 Å². The van der Waals surface area contributed by atoms with E-state index in [1.165, 1.54) is 20.0 Å². The summed E-state index contributed by atoms with van der Waals surface area (Å²) >= 11 is 3.00. The lowest BCUT2D eigenvalue weighted by Crippen LogP contribution is -2.34. The summed E-state index contributed by atoms with van der Waals surface area (Å²) in [5.41, 5.74) is 0. The van der Waals surface area contributed by atoms with Gasteiger partial charge in [-0.05, 0) is 19.1 Å². The summed E-state index contributed by atoms with van der Waals surface area (Å²) in [7, 11) is 1.43. The lowest BCUT2D eigenvalue weighted by atomic mass is 10.3. The van der Waals surface area contributed by atoms with E-state index in [-0.39, 0.29) is 5.75 Å². The Balaban J connectivity index is 2.93. The number of carbonyl (C=O) groups is 1. The van der Waals surface area contributed by atoms with Crippen LogP contribution in [0.2, 0.25) is 0 Å². The zero-order chi connectivity index (χ0) is 12.3. The molecule has 0 saturated carbocycles. The second kappa shape index (κ2) is 5.25. The molecular weight excluding hydrogens is 284 g/mol. The van der Waals surface area contributed by atoms with Gasteiger partial charge in [-0.25, -0.2) is 4.39 Å². The Bertz CT molecular complexity index is 412. The number of likely N-dealkylation sites (N-methyl/N-ethyl adjacent to an activating group) is 1. The molecule has 1 aromatic carbocycles. The molecule has 3 nitrogen and oxygen atoms in total. The molecule has 1 unspecified atom stereocenters. The van der Waals surface area contributed by atoms with E-state index in [2.05, 4.69) is 21.2 Å². The molecule has 1 amide bonds. The summed E-state index contributed by atoms with van der Waals surface area (Å²) in [4.78, 5) is 11.1. The predicted octanol–water partition coefficient (Wildman–Crippen LogP) is 2.24. The summed E-state index contributed by atoms with van der Waals surface area (Å²) in [5.74, 6) is -2.87. The number of halogens is 3. The molecule has 0 spiro atoms. The largest absolute Gasteiger partial charge is 0.478 e. The molecule has 0 aliphatic carbocycles. The van der Waals surface area contributed by atoms with Crippen LogP contribution in [0, 0.1) is 11.6 Å². The monoisotopic (exact) mass is 293 g/mol. The first-order chi connectivity index (χ1) is 7.45. The molecule has 0 radical (unpaired) electrons. The Morgan fingerprint density at radius 2 is 2.12 bits per heavy atom. The van der Waals surface area contributed by atoms with E-state index in [9.17, 15) is 13.6 Å². The maximum atomic E-state index is 13.3. The maximum Gasteiger partial charge on any atom is 0.260 e. The molecule has 1 atom stereocenters. The highest BCUT2D eigenvalue weighted by Crippen LogP contribution is 2.26. The molecule has 0 aliphatic rings. The molecule has 0 heterocycles. The molecule has 6 heteroatoms. The fourth-order valence-electron chi connectivity index (χ4n) is 1.07. The summed E-state index contributed by atoms with van der Waals surface area (Å²) in [6.07, 6.45) is -0.895. The summed E-state index contributed by atoms with van der Waals surface area (Å²) in [5, 5.41) is 2.34. The third kappa shape index (κ3) is 2.91. The van der Waals surface area contributed by atoms with E-state index in [0.717, 1.165) is 6.07 Å². The van der Waals surface area contributed by atoms with Crippen molar-refractivity contribution < 1.29 is 18.3 Å². The highest BCUT2D eigenvalue weighted by Gasteiger charge is 2.17. The van der Waals surface area contributed by atoms with E-state index < -0.39 is 23.6 Å². The summed E-state index contributed by atoms with van der Waals surface area (Å²) in [6.45, 7) is 1.44. The number of nitrogens with one attached hydrogen (secondary N) is 1. The minimum Gasteiger partial charge on any atom is -0.478 e. The Hall–Kier alpha value is -1.17. The number of hydrogen-bond acceptors (Lipinski definition) is 2. The normalized spacial score (nSPS) is 12.1. The van der Waals surface area contributed by atoms with Gasteiger partial charge in [0.1, 0.15) is 0 Å². The Labute approximate surface area is 99.9 Å². The van der Waals surface area contributed by atoms with Crippen LogP contribution >= 0.6 is 15.9 Å². The van der Waals surface area contributed by atoms with E-state index in [4.69, 9.17) is 4.74 Å². The van der Waals surface area contributed by atoms with Crippen molar-refractivity contribution in [3.05, 3.63) is 28.2 Å². The number of benzene rings is 1. The van der Waals surface area contributed by atoms with Gasteiger partial charge < -0.3 is 10.1 Å². The fraction of sp³-hybridized carbons (Fsp3) is 0.300. The second-order valence-corrected chi connectivity index (χ2v) is 3.99. The SMILES string of the molecule is CNC(=O)C(C)Oc1cc(Br)cc(F)c1F. The average molecular weight is 294 g/mol. The van der Waals surface area contributed by atoms with Crippen LogP contribution in [-0.4, -0.2) is 19.1 Å². The molecule has 16 heavy (non-hydrogen) atoms. The highest BCUT2D eigenvalue weighted by atomic mass is 79.9. The Morgan fingerprint density at radius 3 is 2.69 bits per heavy atom. The van der Waals surface area contributed by atoms with Gasteiger partial charge in [-0.3, -0.25) is 4.79 Å². The third-order valence-electron chi connectivity index (χ3n) is 1.88. The van der Waals surface area contributed by atoms with Crippen molar-refractivity contribution in [3.63, 3.8) is 0 Å². The molecule has 0 saturated heterocycles. The van der Waals surface area contributed by atoms with Gasteiger partial charge in [-0.2, -0.15) is 4.39 Å². The smallest absolute Gasteiger partial charge is 0.260 e. The van der Waals surface area contributed by atoms with Gasteiger partial charge in [-0.1, -0.05) is 15.9 Å². The van der Waals surface area contributed by atoms with Crippen LogP contribution < -0.4 is 10.1 Å². The van der Waals surface area contributed by atoms with E-state index in [0.29, 0.717) is 4.47 Å². The molecule has 1 rings (SSSR count).